The van der Waals surface area contributed by atoms with Crippen molar-refractivity contribution in [2.24, 2.45) is 0 Å². The van der Waals surface area contributed by atoms with Crippen molar-refractivity contribution in [1.82, 2.24) is 5.48 Å². The second-order valence-electron chi connectivity index (χ2n) is 3.76. The lowest BCUT2D eigenvalue weighted by molar-refractivity contribution is -0.00349. The Labute approximate surface area is 90.3 Å². The van der Waals surface area contributed by atoms with Gasteiger partial charge in [0.1, 0.15) is 0 Å². The van der Waals surface area contributed by atoms with Crippen molar-refractivity contribution in [1.29, 1.82) is 0 Å². The van der Waals surface area contributed by atoms with Crippen LogP contribution in [0.25, 0.3) is 0 Å². The zero-order valence-corrected chi connectivity index (χ0v) is 8.82. The van der Waals surface area contributed by atoms with Gasteiger partial charge in [0, 0.05) is 13.2 Å². The van der Waals surface area contributed by atoms with Gasteiger partial charge in [0.15, 0.2) is 0 Å². The van der Waals surface area contributed by atoms with Crippen LogP contribution in [0.15, 0.2) is 30.3 Å². The summed E-state index contributed by atoms with van der Waals surface area (Å²) >= 11 is 0. The van der Waals surface area contributed by atoms with Gasteiger partial charge in [-0.1, -0.05) is 30.3 Å². The molecule has 0 amide bonds. The fourth-order valence-electron chi connectivity index (χ4n) is 1.67. The van der Waals surface area contributed by atoms with E-state index in [0.717, 1.165) is 19.6 Å². The maximum Gasteiger partial charge on any atom is 0.0933 e. The zero-order chi connectivity index (χ0) is 10.3. The predicted octanol–water partition coefficient (Wildman–Crippen LogP) is 1.89. The summed E-state index contributed by atoms with van der Waals surface area (Å²) in [5, 5.41) is 0. The summed E-state index contributed by atoms with van der Waals surface area (Å²) in [6.07, 6.45) is 2.65. The summed E-state index contributed by atoms with van der Waals surface area (Å²) in [5.74, 6) is 0. The van der Waals surface area contributed by atoms with E-state index in [9.17, 15) is 0 Å². The molecule has 1 atom stereocenters. The third kappa shape index (κ3) is 3.63. The van der Waals surface area contributed by atoms with E-state index in [-0.39, 0.29) is 0 Å². The molecule has 1 heterocycles. The highest BCUT2D eigenvalue weighted by atomic mass is 16.6. The summed E-state index contributed by atoms with van der Waals surface area (Å²) in [5.41, 5.74) is 4.13. The molecule has 0 radical (unpaired) electrons. The molecular formula is C12H17NO2. The van der Waals surface area contributed by atoms with Crippen molar-refractivity contribution < 1.29 is 9.57 Å². The van der Waals surface area contributed by atoms with Gasteiger partial charge in [-0.2, -0.15) is 5.48 Å². The molecule has 0 spiro atoms. The Bertz CT molecular complexity index is 270. The van der Waals surface area contributed by atoms with Gasteiger partial charge in [-0.05, 0) is 18.4 Å². The van der Waals surface area contributed by atoms with Gasteiger partial charge < -0.3 is 4.74 Å². The summed E-state index contributed by atoms with van der Waals surface area (Å²) in [6.45, 7) is 2.28. The Morgan fingerprint density at radius 2 is 2.20 bits per heavy atom. The molecule has 1 N–H and O–H groups in total. The van der Waals surface area contributed by atoms with Crippen LogP contribution < -0.4 is 5.48 Å². The number of hydrogen-bond donors (Lipinski definition) is 1. The quantitative estimate of drug-likeness (QED) is 0.590. The molecule has 0 saturated carbocycles. The second-order valence-corrected chi connectivity index (χ2v) is 3.76. The fraction of sp³-hybridized carbons (Fsp3) is 0.500. The van der Waals surface area contributed by atoms with Crippen molar-refractivity contribution in [3.8, 4) is 0 Å². The molecule has 0 bridgehead atoms. The lowest BCUT2D eigenvalue weighted by Crippen LogP contribution is -2.26. The van der Waals surface area contributed by atoms with Crippen LogP contribution in [0.3, 0.4) is 0 Å². The van der Waals surface area contributed by atoms with Gasteiger partial charge in [0.25, 0.3) is 0 Å². The Morgan fingerprint density at radius 3 is 2.93 bits per heavy atom. The first kappa shape index (κ1) is 10.6. The average molecular weight is 207 g/mol. The number of hydroxylamine groups is 1. The van der Waals surface area contributed by atoms with Gasteiger partial charge >= 0.3 is 0 Å². The van der Waals surface area contributed by atoms with Crippen LogP contribution in [-0.4, -0.2) is 19.3 Å². The molecule has 1 aromatic rings. The van der Waals surface area contributed by atoms with E-state index in [1.165, 1.54) is 12.0 Å². The highest BCUT2D eigenvalue weighted by Gasteiger charge is 2.14. The normalized spacial score (nSPS) is 20.7. The SMILES string of the molecule is c1ccc(CONCC2CCCO2)cc1. The number of ether oxygens (including phenoxy) is 1. The Kier molecular flexibility index (Phi) is 4.14. The van der Waals surface area contributed by atoms with Gasteiger partial charge in [-0.25, -0.2) is 0 Å². The number of nitrogens with one attached hydrogen (secondary N) is 1. The molecule has 15 heavy (non-hydrogen) atoms. The van der Waals surface area contributed by atoms with E-state index in [0.29, 0.717) is 12.7 Å². The topological polar surface area (TPSA) is 30.5 Å². The number of rotatable bonds is 5. The first-order valence-electron chi connectivity index (χ1n) is 5.45. The molecule has 1 aliphatic rings. The number of benzene rings is 1. The summed E-state index contributed by atoms with van der Waals surface area (Å²) in [7, 11) is 0. The molecule has 1 aromatic carbocycles. The Balaban J connectivity index is 1.59. The zero-order valence-electron chi connectivity index (χ0n) is 8.82. The second kappa shape index (κ2) is 5.85. The lowest BCUT2D eigenvalue weighted by atomic mass is 10.2. The van der Waals surface area contributed by atoms with Crippen molar-refractivity contribution in [2.75, 3.05) is 13.2 Å². The average Bonchev–Trinajstić information content (AvgIpc) is 2.79. The minimum atomic E-state index is 0.334. The monoisotopic (exact) mass is 207 g/mol. The van der Waals surface area contributed by atoms with Crippen molar-refractivity contribution in [3.05, 3.63) is 35.9 Å². The molecular weight excluding hydrogens is 190 g/mol. The van der Waals surface area contributed by atoms with E-state index in [1.807, 2.05) is 30.3 Å². The maximum absolute atomic E-state index is 5.46. The third-order valence-corrected chi connectivity index (χ3v) is 2.52. The predicted molar refractivity (Wildman–Crippen MR) is 58.2 cm³/mol. The molecule has 1 aliphatic heterocycles. The van der Waals surface area contributed by atoms with Crippen LogP contribution in [0, 0.1) is 0 Å². The van der Waals surface area contributed by atoms with Gasteiger partial charge in [-0.15, -0.1) is 0 Å². The van der Waals surface area contributed by atoms with Crippen molar-refractivity contribution >= 4 is 0 Å². The van der Waals surface area contributed by atoms with E-state index in [4.69, 9.17) is 9.57 Å². The van der Waals surface area contributed by atoms with Crippen molar-refractivity contribution in [2.45, 2.75) is 25.6 Å². The van der Waals surface area contributed by atoms with Crippen LogP contribution in [0.5, 0.6) is 0 Å². The summed E-state index contributed by atoms with van der Waals surface area (Å²) < 4.78 is 5.46. The van der Waals surface area contributed by atoms with Crippen LogP contribution in [0.4, 0.5) is 0 Å². The van der Waals surface area contributed by atoms with E-state index in [2.05, 4.69) is 5.48 Å². The molecule has 1 saturated heterocycles. The fourth-order valence-corrected chi connectivity index (χ4v) is 1.67. The van der Waals surface area contributed by atoms with Gasteiger partial charge in [0.2, 0.25) is 0 Å². The van der Waals surface area contributed by atoms with Crippen LogP contribution in [0.2, 0.25) is 0 Å². The number of hydrogen-bond acceptors (Lipinski definition) is 3. The van der Waals surface area contributed by atoms with E-state index < -0.39 is 0 Å². The largest absolute Gasteiger partial charge is 0.377 e. The lowest BCUT2D eigenvalue weighted by Gasteiger charge is -2.10. The molecule has 1 fully saturated rings. The molecule has 0 aromatic heterocycles. The molecule has 1 unspecified atom stereocenters. The first-order chi connectivity index (χ1) is 7.45. The molecule has 3 nitrogen and oxygen atoms in total. The van der Waals surface area contributed by atoms with Gasteiger partial charge in [0.05, 0.1) is 12.7 Å². The molecule has 3 heteroatoms. The minimum absolute atomic E-state index is 0.334. The van der Waals surface area contributed by atoms with Crippen molar-refractivity contribution in [3.63, 3.8) is 0 Å². The van der Waals surface area contributed by atoms with E-state index >= 15 is 0 Å². The van der Waals surface area contributed by atoms with Crippen LogP contribution in [0.1, 0.15) is 18.4 Å². The summed E-state index contributed by atoms with van der Waals surface area (Å²) in [6, 6.07) is 10.1. The highest BCUT2D eigenvalue weighted by Crippen LogP contribution is 2.10. The molecule has 0 aliphatic carbocycles. The molecule has 82 valence electrons. The molecule has 2 rings (SSSR count). The highest BCUT2D eigenvalue weighted by molar-refractivity contribution is 5.13. The first-order valence-corrected chi connectivity index (χ1v) is 5.45. The van der Waals surface area contributed by atoms with Crippen LogP contribution >= 0.6 is 0 Å². The van der Waals surface area contributed by atoms with E-state index in [1.54, 1.807) is 0 Å². The Morgan fingerprint density at radius 1 is 1.33 bits per heavy atom. The standard InChI is InChI=1S/C12H17NO2/c1-2-5-11(6-3-1)10-15-13-9-12-7-4-8-14-12/h1-3,5-6,12-13H,4,7-10H2. The Hall–Kier alpha value is -0.900. The van der Waals surface area contributed by atoms with Crippen LogP contribution in [-0.2, 0) is 16.2 Å². The smallest absolute Gasteiger partial charge is 0.0933 e. The third-order valence-electron chi connectivity index (χ3n) is 2.52. The summed E-state index contributed by atoms with van der Waals surface area (Å²) in [4.78, 5) is 5.35. The minimum Gasteiger partial charge on any atom is -0.377 e. The van der Waals surface area contributed by atoms with Gasteiger partial charge in [-0.3, -0.25) is 4.84 Å². The maximum atomic E-state index is 5.46.